The summed E-state index contributed by atoms with van der Waals surface area (Å²) < 4.78 is 16.9. The monoisotopic (exact) mass is 1130 g/mol. The van der Waals surface area contributed by atoms with Gasteiger partial charge in [0, 0.05) is 19.3 Å². The van der Waals surface area contributed by atoms with Crippen LogP contribution in [0.2, 0.25) is 0 Å². The Morgan fingerprint density at radius 2 is 0.444 bits per heavy atom. The first kappa shape index (κ1) is 78.1. The van der Waals surface area contributed by atoms with E-state index in [2.05, 4.69) is 81.5 Å². The Balaban J connectivity index is 4.04. The summed E-state index contributed by atoms with van der Waals surface area (Å²) in [5.74, 6) is -0.856. The maximum Gasteiger partial charge on any atom is 0.306 e. The lowest BCUT2D eigenvalue weighted by molar-refractivity contribution is -0.167. The number of unbranched alkanes of at least 4 members (excludes halogenated alkanes) is 45. The number of carbonyl (C=O) groups is 3. The van der Waals surface area contributed by atoms with E-state index in [0.717, 1.165) is 77.0 Å². The average molecular weight is 1130 g/mol. The molecule has 0 aromatic rings. The molecule has 0 heterocycles. The lowest BCUT2D eigenvalue weighted by atomic mass is 10.0. The highest BCUT2D eigenvalue weighted by molar-refractivity contribution is 5.71. The van der Waals surface area contributed by atoms with E-state index < -0.39 is 6.10 Å². The molecule has 0 radical (unpaired) electrons. The Kier molecular flexibility index (Phi) is 67.1. The standard InChI is InChI=1S/C75H136O6/c1-4-7-10-13-16-18-20-22-24-26-28-30-32-34-36-37-39-40-42-44-46-48-50-52-54-56-59-62-65-68-74(77)80-71-72(70-79-73(76)67-64-61-58-15-12-9-6-3)81-75(78)69-66-63-60-57-55-53-51-49-47-45-43-41-38-35-33-31-29-27-25-23-21-19-17-14-11-8-5-2/h20-23,26-29,32,34,72H,4-19,24-25,30-31,33,35-71H2,1-3H3/b22-20-,23-21-,28-26-,29-27-,34-32-. The van der Waals surface area contributed by atoms with E-state index in [0.29, 0.717) is 19.3 Å². The summed E-state index contributed by atoms with van der Waals surface area (Å²) in [5, 5.41) is 0. The maximum atomic E-state index is 12.9. The third-order valence-electron chi connectivity index (χ3n) is 16.0. The number of ether oxygens (including phenoxy) is 3. The van der Waals surface area contributed by atoms with Crippen LogP contribution in [0.5, 0.6) is 0 Å². The van der Waals surface area contributed by atoms with Crippen LogP contribution in [0.25, 0.3) is 0 Å². The fourth-order valence-electron chi connectivity index (χ4n) is 10.6. The number of carbonyl (C=O) groups excluding carboxylic acids is 3. The molecule has 81 heavy (non-hydrogen) atoms. The zero-order valence-electron chi connectivity index (χ0n) is 54.3. The van der Waals surface area contributed by atoms with Gasteiger partial charge in [0.05, 0.1) is 0 Å². The predicted octanol–water partition coefficient (Wildman–Crippen LogP) is 24.7. The largest absolute Gasteiger partial charge is 0.462 e. The molecule has 0 aromatic heterocycles. The molecular weight excluding hydrogens is 997 g/mol. The summed E-state index contributed by atoms with van der Waals surface area (Å²) in [5.41, 5.74) is 0. The van der Waals surface area contributed by atoms with E-state index in [-0.39, 0.29) is 31.1 Å². The zero-order valence-corrected chi connectivity index (χ0v) is 54.3. The summed E-state index contributed by atoms with van der Waals surface area (Å²) in [6, 6.07) is 0. The van der Waals surface area contributed by atoms with Gasteiger partial charge in [-0.2, -0.15) is 0 Å². The summed E-state index contributed by atoms with van der Waals surface area (Å²) in [6.45, 7) is 6.63. The Bertz CT molecular complexity index is 1440. The van der Waals surface area contributed by atoms with E-state index in [4.69, 9.17) is 14.2 Å². The minimum atomic E-state index is -0.771. The van der Waals surface area contributed by atoms with Crippen molar-refractivity contribution in [3.8, 4) is 0 Å². The molecule has 0 saturated heterocycles. The first-order valence-corrected chi connectivity index (χ1v) is 35.8. The molecular formula is C75H136O6. The normalized spacial score (nSPS) is 12.4. The molecule has 0 aliphatic carbocycles. The average Bonchev–Trinajstić information content (AvgIpc) is 3.47. The van der Waals surface area contributed by atoms with Crippen LogP contribution in [0.15, 0.2) is 60.8 Å². The number of hydrogen-bond acceptors (Lipinski definition) is 6. The first-order valence-electron chi connectivity index (χ1n) is 35.8. The van der Waals surface area contributed by atoms with Crippen LogP contribution in [0.3, 0.4) is 0 Å². The molecule has 0 N–H and O–H groups in total. The third-order valence-corrected chi connectivity index (χ3v) is 16.0. The molecule has 6 heteroatoms. The fourth-order valence-corrected chi connectivity index (χ4v) is 10.6. The van der Waals surface area contributed by atoms with E-state index in [1.807, 2.05) is 0 Å². The van der Waals surface area contributed by atoms with Gasteiger partial charge in [-0.05, 0) is 89.9 Å². The molecule has 0 bridgehead atoms. The van der Waals surface area contributed by atoms with Crippen molar-refractivity contribution in [3.05, 3.63) is 60.8 Å². The summed E-state index contributed by atoms with van der Waals surface area (Å²) in [6.07, 6.45) is 90.0. The van der Waals surface area contributed by atoms with Gasteiger partial charge in [-0.1, -0.05) is 332 Å². The van der Waals surface area contributed by atoms with Gasteiger partial charge in [-0.3, -0.25) is 14.4 Å². The van der Waals surface area contributed by atoms with Crippen molar-refractivity contribution < 1.29 is 28.6 Å². The Morgan fingerprint density at radius 1 is 0.247 bits per heavy atom. The Morgan fingerprint density at radius 3 is 0.691 bits per heavy atom. The van der Waals surface area contributed by atoms with Crippen molar-refractivity contribution >= 4 is 17.9 Å². The second kappa shape index (κ2) is 69.6. The zero-order chi connectivity index (χ0) is 58.5. The van der Waals surface area contributed by atoms with Gasteiger partial charge in [0.2, 0.25) is 0 Å². The van der Waals surface area contributed by atoms with Crippen LogP contribution in [-0.4, -0.2) is 37.2 Å². The number of allylic oxidation sites excluding steroid dienone is 10. The molecule has 0 rings (SSSR count). The van der Waals surface area contributed by atoms with Crippen LogP contribution < -0.4 is 0 Å². The quantitative estimate of drug-likeness (QED) is 0.0261. The lowest BCUT2D eigenvalue weighted by Gasteiger charge is -2.18. The van der Waals surface area contributed by atoms with E-state index in [9.17, 15) is 14.4 Å². The summed E-state index contributed by atoms with van der Waals surface area (Å²) in [4.78, 5) is 38.2. The Hall–Kier alpha value is -2.89. The molecule has 0 fully saturated rings. The third kappa shape index (κ3) is 67.8. The van der Waals surface area contributed by atoms with Gasteiger partial charge < -0.3 is 14.2 Å². The Labute approximate surface area is 504 Å². The van der Waals surface area contributed by atoms with Crippen molar-refractivity contribution in [1.29, 1.82) is 0 Å². The van der Waals surface area contributed by atoms with Gasteiger partial charge in [0.15, 0.2) is 6.10 Å². The van der Waals surface area contributed by atoms with Crippen LogP contribution >= 0.6 is 0 Å². The summed E-state index contributed by atoms with van der Waals surface area (Å²) >= 11 is 0. The number of esters is 3. The van der Waals surface area contributed by atoms with E-state index >= 15 is 0 Å². The van der Waals surface area contributed by atoms with Crippen molar-refractivity contribution in [1.82, 2.24) is 0 Å². The molecule has 6 nitrogen and oxygen atoms in total. The highest BCUT2D eigenvalue weighted by Gasteiger charge is 2.19. The van der Waals surface area contributed by atoms with Crippen molar-refractivity contribution in [2.24, 2.45) is 0 Å². The molecule has 0 spiro atoms. The van der Waals surface area contributed by atoms with Crippen LogP contribution in [-0.2, 0) is 28.6 Å². The molecule has 1 atom stereocenters. The fraction of sp³-hybridized carbons (Fsp3) is 0.827. The number of hydrogen-bond donors (Lipinski definition) is 0. The lowest BCUT2D eigenvalue weighted by Crippen LogP contribution is -2.30. The van der Waals surface area contributed by atoms with Crippen LogP contribution in [0, 0.1) is 0 Å². The van der Waals surface area contributed by atoms with Crippen LogP contribution in [0.1, 0.15) is 380 Å². The van der Waals surface area contributed by atoms with Gasteiger partial charge in [0.1, 0.15) is 13.2 Å². The first-order chi connectivity index (χ1) is 40.0. The molecule has 0 aromatic carbocycles. The van der Waals surface area contributed by atoms with E-state index in [1.165, 1.54) is 263 Å². The maximum absolute atomic E-state index is 12.9. The van der Waals surface area contributed by atoms with Gasteiger partial charge >= 0.3 is 17.9 Å². The second-order valence-corrected chi connectivity index (χ2v) is 24.1. The molecule has 0 amide bonds. The highest BCUT2D eigenvalue weighted by atomic mass is 16.6. The highest BCUT2D eigenvalue weighted by Crippen LogP contribution is 2.18. The molecule has 472 valence electrons. The molecule has 0 saturated carbocycles. The van der Waals surface area contributed by atoms with Gasteiger partial charge in [-0.25, -0.2) is 0 Å². The van der Waals surface area contributed by atoms with Gasteiger partial charge in [0.25, 0.3) is 0 Å². The minimum Gasteiger partial charge on any atom is -0.462 e. The molecule has 0 aliphatic heterocycles. The van der Waals surface area contributed by atoms with Crippen molar-refractivity contribution in [2.75, 3.05) is 13.2 Å². The van der Waals surface area contributed by atoms with Gasteiger partial charge in [-0.15, -0.1) is 0 Å². The second-order valence-electron chi connectivity index (χ2n) is 24.1. The number of rotatable bonds is 66. The van der Waals surface area contributed by atoms with Crippen molar-refractivity contribution in [3.63, 3.8) is 0 Å². The van der Waals surface area contributed by atoms with E-state index in [1.54, 1.807) is 0 Å². The SMILES string of the molecule is CCCCCCC/C=C\C/C=C\C/C=C\CCCCCCCCCCCCCCCCC(=O)OCC(COC(=O)CCCCCCCCC)OC(=O)CCCCCCCCCCCCCCCCC/C=C\C/C=C\CCCCCCC. The topological polar surface area (TPSA) is 78.9 Å². The van der Waals surface area contributed by atoms with Crippen LogP contribution in [0.4, 0.5) is 0 Å². The summed E-state index contributed by atoms with van der Waals surface area (Å²) in [7, 11) is 0. The smallest absolute Gasteiger partial charge is 0.306 e. The molecule has 0 aliphatic rings. The predicted molar refractivity (Wildman–Crippen MR) is 353 cm³/mol. The molecule has 1 unspecified atom stereocenters. The van der Waals surface area contributed by atoms with Crippen molar-refractivity contribution in [2.45, 2.75) is 386 Å². The minimum absolute atomic E-state index is 0.0703.